The monoisotopic (exact) mass is 381 g/mol. The van der Waals surface area contributed by atoms with Crippen LogP contribution in [0.15, 0.2) is 24.3 Å². The topological polar surface area (TPSA) is 66.4 Å². The Morgan fingerprint density at radius 1 is 1.22 bits per heavy atom. The van der Waals surface area contributed by atoms with Crippen molar-refractivity contribution in [3.8, 4) is 0 Å². The fourth-order valence-corrected chi connectivity index (χ4v) is 4.58. The van der Waals surface area contributed by atoms with Gasteiger partial charge in [0.15, 0.2) is 0 Å². The van der Waals surface area contributed by atoms with Gasteiger partial charge in [-0.3, -0.25) is 4.72 Å². The van der Waals surface area contributed by atoms with Crippen LogP contribution in [-0.2, 0) is 10.0 Å². The Labute approximate surface area is 121 Å². The van der Waals surface area contributed by atoms with Crippen molar-refractivity contribution < 1.29 is 13.5 Å². The lowest BCUT2D eigenvalue weighted by molar-refractivity contribution is 0.133. The van der Waals surface area contributed by atoms with Gasteiger partial charge in [-0.1, -0.05) is 25.0 Å². The van der Waals surface area contributed by atoms with E-state index in [1.54, 1.807) is 12.1 Å². The van der Waals surface area contributed by atoms with Gasteiger partial charge >= 0.3 is 0 Å². The molecule has 6 heteroatoms. The van der Waals surface area contributed by atoms with Crippen LogP contribution in [0, 0.1) is 3.57 Å². The van der Waals surface area contributed by atoms with Crippen molar-refractivity contribution in [1.82, 2.24) is 0 Å². The molecular weight excluding hydrogens is 365 g/mol. The molecule has 0 saturated heterocycles. The van der Waals surface area contributed by atoms with Gasteiger partial charge < -0.3 is 5.11 Å². The maximum absolute atomic E-state index is 12.2. The number of aliphatic hydroxyl groups is 1. The van der Waals surface area contributed by atoms with Crippen molar-refractivity contribution in [3.05, 3.63) is 27.8 Å². The lowest BCUT2D eigenvalue weighted by Gasteiger charge is -2.27. The summed E-state index contributed by atoms with van der Waals surface area (Å²) in [5.41, 5.74) is 0.580. The molecule has 1 aromatic carbocycles. The first-order chi connectivity index (χ1) is 8.50. The second kappa shape index (κ2) is 5.75. The first-order valence-corrected chi connectivity index (χ1v) is 8.57. The Morgan fingerprint density at radius 3 is 2.56 bits per heavy atom. The number of para-hydroxylation sites is 1. The average Bonchev–Trinajstić information content (AvgIpc) is 2.32. The third-order valence-corrected chi connectivity index (χ3v) is 5.98. The van der Waals surface area contributed by atoms with E-state index in [-0.39, 0.29) is 0 Å². The quantitative estimate of drug-likeness (QED) is 0.790. The van der Waals surface area contributed by atoms with Crippen LogP contribution in [0.2, 0.25) is 0 Å². The van der Waals surface area contributed by atoms with Gasteiger partial charge in [0.1, 0.15) is 5.25 Å². The summed E-state index contributed by atoms with van der Waals surface area (Å²) in [6.07, 6.45) is 2.10. The second-order valence-corrected chi connectivity index (χ2v) is 7.58. The number of hydrogen-bond donors (Lipinski definition) is 2. The average molecular weight is 381 g/mol. The number of hydrogen-bond acceptors (Lipinski definition) is 3. The molecule has 18 heavy (non-hydrogen) atoms. The summed E-state index contributed by atoms with van der Waals surface area (Å²) in [6, 6.07) is 7.22. The Hall–Kier alpha value is -0.340. The third kappa shape index (κ3) is 3.16. The number of benzene rings is 1. The normalized spacial score (nSPS) is 24.8. The van der Waals surface area contributed by atoms with Gasteiger partial charge in [0.05, 0.1) is 11.8 Å². The van der Waals surface area contributed by atoms with Crippen molar-refractivity contribution in [2.75, 3.05) is 4.72 Å². The van der Waals surface area contributed by atoms with E-state index in [4.69, 9.17) is 0 Å². The largest absolute Gasteiger partial charge is 0.392 e. The van der Waals surface area contributed by atoms with E-state index < -0.39 is 21.4 Å². The molecule has 2 rings (SSSR count). The lowest BCUT2D eigenvalue weighted by Crippen LogP contribution is -2.40. The molecule has 2 N–H and O–H groups in total. The SMILES string of the molecule is O=S(=O)(Nc1ccccc1I)C1CCCCC1O. The Morgan fingerprint density at radius 2 is 1.89 bits per heavy atom. The van der Waals surface area contributed by atoms with Crippen molar-refractivity contribution in [2.24, 2.45) is 0 Å². The number of aliphatic hydroxyl groups excluding tert-OH is 1. The van der Waals surface area contributed by atoms with Crippen LogP contribution >= 0.6 is 22.6 Å². The second-order valence-electron chi connectivity index (χ2n) is 4.52. The highest BCUT2D eigenvalue weighted by Gasteiger charge is 2.34. The zero-order valence-corrected chi connectivity index (χ0v) is 12.8. The van der Waals surface area contributed by atoms with Crippen molar-refractivity contribution in [1.29, 1.82) is 0 Å². The van der Waals surface area contributed by atoms with E-state index in [9.17, 15) is 13.5 Å². The summed E-state index contributed by atoms with van der Waals surface area (Å²) >= 11 is 2.09. The molecular formula is C12H16INO3S. The van der Waals surface area contributed by atoms with E-state index in [1.165, 1.54) is 0 Å². The van der Waals surface area contributed by atoms with Crippen LogP contribution in [0.1, 0.15) is 25.7 Å². The number of halogens is 1. The third-order valence-electron chi connectivity index (χ3n) is 3.19. The van der Waals surface area contributed by atoms with Crippen molar-refractivity contribution in [3.63, 3.8) is 0 Å². The molecule has 1 fully saturated rings. The van der Waals surface area contributed by atoms with E-state index >= 15 is 0 Å². The van der Waals surface area contributed by atoms with Gasteiger partial charge in [0, 0.05) is 3.57 Å². The predicted octanol–water partition coefficient (Wildman–Crippen LogP) is 2.34. The summed E-state index contributed by atoms with van der Waals surface area (Å²) in [6.45, 7) is 0. The first kappa shape index (κ1) is 14.1. The minimum absolute atomic E-state index is 0.528. The number of rotatable bonds is 3. The van der Waals surface area contributed by atoms with Crippen LogP contribution < -0.4 is 4.72 Å². The molecule has 0 aliphatic heterocycles. The van der Waals surface area contributed by atoms with E-state index in [2.05, 4.69) is 27.3 Å². The maximum Gasteiger partial charge on any atom is 0.238 e. The molecule has 1 aliphatic carbocycles. The van der Waals surface area contributed by atoms with Gasteiger partial charge in [0.2, 0.25) is 10.0 Å². The molecule has 1 saturated carbocycles. The predicted molar refractivity (Wildman–Crippen MR) is 80.0 cm³/mol. The first-order valence-electron chi connectivity index (χ1n) is 5.95. The minimum atomic E-state index is -3.51. The Bertz CT molecular complexity index is 518. The summed E-state index contributed by atoms with van der Waals surface area (Å²) in [7, 11) is -3.51. The van der Waals surface area contributed by atoms with Crippen molar-refractivity contribution in [2.45, 2.75) is 37.0 Å². The molecule has 1 aliphatic rings. The highest BCUT2D eigenvalue weighted by molar-refractivity contribution is 14.1. The highest BCUT2D eigenvalue weighted by Crippen LogP contribution is 2.27. The van der Waals surface area contributed by atoms with Gasteiger partial charge in [-0.25, -0.2) is 8.42 Å². The van der Waals surface area contributed by atoms with Gasteiger partial charge in [-0.05, 0) is 47.6 Å². The highest BCUT2D eigenvalue weighted by atomic mass is 127. The summed E-state index contributed by atoms with van der Waals surface area (Å²) < 4.78 is 27.9. The summed E-state index contributed by atoms with van der Waals surface area (Å²) in [4.78, 5) is 0. The number of sulfonamides is 1. The molecule has 0 spiro atoms. The van der Waals surface area contributed by atoms with E-state index in [0.717, 1.165) is 16.4 Å². The molecule has 4 nitrogen and oxygen atoms in total. The van der Waals surface area contributed by atoms with Crippen LogP contribution in [0.4, 0.5) is 5.69 Å². The standard InChI is InChI=1S/C12H16INO3S/c13-9-5-1-2-6-10(9)14-18(16,17)12-8-4-3-7-11(12)15/h1-2,5-6,11-12,14-15H,3-4,7-8H2. The molecule has 0 bridgehead atoms. The lowest BCUT2D eigenvalue weighted by atomic mass is 9.97. The van der Waals surface area contributed by atoms with Gasteiger partial charge in [-0.2, -0.15) is 0 Å². The Balaban J connectivity index is 2.19. The van der Waals surface area contributed by atoms with Gasteiger partial charge in [0.25, 0.3) is 0 Å². The maximum atomic E-state index is 12.2. The number of anilines is 1. The van der Waals surface area contributed by atoms with Crippen molar-refractivity contribution >= 4 is 38.3 Å². The molecule has 2 unspecified atom stereocenters. The molecule has 0 heterocycles. The minimum Gasteiger partial charge on any atom is -0.392 e. The molecule has 2 atom stereocenters. The van der Waals surface area contributed by atoms with Crippen LogP contribution in [0.25, 0.3) is 0 Å². The molecule has 1 aromatic rings. The Kier molecular flexibility index (Phi) is 4.50. The van der Waals surface area contributed by atoms with Crippen LogP contribution in [0.3, 0.4) is 0 Å². The van der Waals surface area contributed by atoms with Crippen LogP contribution in [0.5, 0.6) is 0 Å². The molecule has 100 valence electrons. The zero-order valence-electron chi connectivity index (χ0n) is 9.84. The zero-order chi connectivity index (χ0) is 13.2. The summed E-state index contributed by atoms with van der Waals surface area (Å²) in [5, 5.41) is 9.14. The van der Waals surface area contributed by atoms with E-state index in [1.807, 2.05) is 12.1 Å². The van der Waals surface area contributed by atoms with Gasteiger partial charge in [-0.15, -0.1) is 0 Å². The number of nitrogens with one attached hydrogen (secondary N) is 1. The molecule has 0 aromatic heterocycles. The van der Waals surface area contributed by atoms with Crippen LogP contribution in [-0.4, -0.2) is 24.9 Å². The smallest absolute Gasteiger partial charge is 0.238 e. The fraction of sp³-hybridized carbons (Fsp3) is 0.500. The molecule has 0 amide bonds. The fourth-order valence-electron chi connectivity index (χ4n) is 2.21. The molecule has 0 radical (unpaired) electrons. The van der Waals surface area contributed by atoms with E-state index in [0.29, 0.717) is 18.5 Å². The summed E-state index contributed by atoms with van der Waals surface area (Å²) in [5.74, 6) is 0.